The molecular weight excluding hydrogens is 440 g/mol. The SMILES string of the molecule is Cc1cccn2c(=O)c3cc(C(=O)N4CCN(Cc5ccc6c(c5)OCO6)CC4)sc3nc12. The van der Waals surface area contributed by atoms with E-state index in [0.717, 1.165) is 42.3 Å². The molecule has 33 heavy (non-hydrogen) atoms. The van der Waals surface area contributed by atoms with E-state index < -0.39 is 0 Å². The van der Waals surface area contributed by atoms with Gasteiger partial charge in [-0.25, -0.2) is 4.98 Å². The number of hydrogen-bond donors (Lipinski definition) is 0. The molecule has 0 aliphatic carbocycles. The van der Waals surface area contributed by atoms with Crippen LogP contribution in [0.1, 0.15) is 20.8 Å². The Balaban J connectivity index is 1.17. The average molecular weight is 463 g/mol. The smallest absolute Gasteiger partial charge is 0.266 e. The standard InChI is InChI=1S/C24H22N4O4S/c1-15-3-2-6-28-21(15)25-22-17(23(28)29)12-20(33-22)24(30)27-9-7-26(8-10-27)13-16-4-5-18-19(11-16)32-14-31-18/h2-6,11-12H,7-10,13-14H2,1H3. The minimum Gasteiger partial charge on any atom is -0.454 e. The molecule has 4 aromatic rings. The first-order valence-electron chi connectivity index (χ1n) is 10.9. The zero-order valence-corrected chi connectivity index (χ0v) is 18.9. The van der Waals surface area contributed by atoms with Gasteiger partial charge in [-0.05, 0) is 42.3 Å². The fourth-order valence-corrected chi connectivity index (χ4v) is 5.42. The molecule has 168 valence electrons. The van der Waals surface area contributed by atoms with Gasteiger partial charge in [0.25, 0.3) is 11.5 Å². The number of piperazine rings is 1. The van der Waals surface area contributed by atoms with Crippen LogP contribution in [-0.2, 0) is 6.54 Å². The highest BCUT2D eigenvalue weighted by atomic mass is 32.1. The fraction of sp³-hybridized carbons (Fsp3) is 0.292. The van der Waals surface area contributed by atoms with E-state index in [1.165, 1.54) is 11.3 Å². The molecule has 0 radical (unpaired) electrons. The Morgan fingerprint density at radius 3 is 2.76 bits per heavy atom. The van der Waals surface area contributed by atoms with Crippen molar-refractivity contribution in [2.24, 2.45) is 0 Å². The Kier molecular flexibility index (Phi) is 4.81. The van der Waals surface area contributed by atoms with E-state index in [0.29, 0.717) is 33.8 Å². The summed E-state index contributed by atoms with van der Waals surface area (Å²) < 4.78 is 12.4. The van der Waals surface area contributed by atoms with Crippen molar-refractivity contribution < 1.29 is 14.3 Å². The van der Waals surface area contributed by atoms with Crippen LogP contribution in [-0.4, -0.2) is 58.1 Å². The first kappa shape index (κ1) is 20.2. The summed E-state index contributed by atoms with van der Waals surface area (Å²) in [5.74, 6) is 1.54. The van der Waals surface area contributed by atoms with Gasteiger partial charge in [0.2, 0.25) is 6.79 Å². The maximum absolute atomic E-state index is 13.2. The molecule has 5 heterocycles. The number of amides is 1. The average Bonchev–Trinajstić information content (AvgIpc) is 3.47. The summed E-state index contributed by atoms with van der Waals surface area (Å²) >= 11 is 1.30. The van der Waals surface area contributed by atoms with Crippen LogP contribution in [0, 0.1) is 6.92 Å². The van der Waals surface area contributed by atoms with Crippen molar-refractivity contribution in [3.05, 3.63) is 69.0 Å². The van der Waals surface area contributed by atoms with E-state index in [4.69, 9.17) is 9.47 Å². The number of thiophene rings is 1. The largest absolute Gasteiger partial charge is 0.454 e. The van der Waals surface area contributed by atoms with Crippen LogP contribution in [0.25, 0.3) is 15.9 Å². The fourth-order valence-electron chi connectivity index (χ4n) is 4.43. The van der Waals surface area contributed by atoms with Gasteiger partial charge >= 0.3 is 0 Å². The van der Waals surface area contributed by atoms with Gasteiger partial charge in [0.1, 0.15) is 10.5 Å². The van der Waals surface area contributed by atoms with Crippen molar-refractivity contribution in [1.29, 1.82) is 0 Å². The first-order chi connectivity index (χ1) is 16.1. The van der Waals surface area contributed by atoms with Gasteiger partial charge in [0.05, 0.1) is 10.3 Å². The molecular formula is C24H22N4O4S. The summed E-state index contributed by atoms with van der Waals surface area (Å²) in [4.78, 5) is 36.1. The van der Waals surface area contributed by atoms with Crippen molar-refractivity contribution in [1.82, 2.24) is 19.2 Å². The highest BCUT2D eigenvalue weighted by molar-refractivity contribution is 7.20. The van der Waals surface area contributed by atoms with Crippen LogP contribution in [0.2, 0.25) is 0 Å². The van der Waals surface area contributed by atoms with E-state index in [1.807, 2.05) is 36.1 Å². The minimum absolute atomic E-state index is 0.0362. The molecule has 9 heteroatoms. The Morgan fingerprint density at radius 2 is 1.91 bits per heavy atom. The molecule has 0 atom stereocenters. The number of hydrogen-bond acceptors (Lipinski definition) is 7. The van der Waals surface area contributed by atoms with Gasteiger partial charge in [-0.15, -0.1) is 11.3 Å². The Morgan fingerprint density at radius 1 is 1.09 bits per heavy atom. The third kappa shape index (κ3) is 3.53. The maximum atomic E-state index is 13.2. The lowest BCUT2D eigenvalue weighted by Gasteiger charge is -2.34. The minimum atomic E-state index is -0.137. The zero-order valence-electron chi connectivity index (χ0n) is 18.1. The molecule has 1 aromatic carbocycles. The van der Waals surface area contributed by atoms with E-state index in [-0.39, 0.29) is 18.3 Å². The van der Waals surface area contributed by atoms with Crippen LogP contribution in [0.5, 0.6) is 11.5 Å². The van der Waals surface area contributed by atoms with Gasteiger partial charge in [-0.1, -0.05) is 12.1 Å². The van der Waals surface area contributed by atoms with Crippen LogP contribution < -0.4 is 15.0 Å². The lowest BCUT2D eigenvalue weighted by atomic mass is 10.1. The highest BCUT2D eigenvalue weighted by Crippen LogP contribution is 2.33. The Bertz CT molecular complexity index is 1450. The molecule has 8 nitrogen and oxygen atoms in total. The molecule has 2 aliphatic heterocycles. The predicted octanol–water partition coefficient (Wildman–Crippen LogP) is 2.90. The van der Waals surface area contributed by atoms with Gasteiger partial charge in [-0.2, -0.15) is 0 Å². The summed E-state index contributed by atoms with van der Waals surface area (Å²) in [5.41, 5.74) is 2.59. The molecule has 0 bridgehead atoms. The lowest BCUT2D eigenvalue weighted by Crippen LogP contribution is -2.48. The summed E-state index contributed by atoms with van der Waals surface area (Å²) in [6.45, 7) is 5.86. The molecule has 0 unspecified atom stereocenters. The zero-order chi connectivity index (χ0) is 22.5. The third-order valence-electron chi connectivity index (χ3n) is 6.24. The molecule has 3 aromatic heterocycles. The van der Waals surface area contributed by atoms with Gasteiger partial charge in [-0.3, -0.25) is 18.9 Å². The Labute approximate surface area is 193 Å². The predicted molar refractivity (Wildman–Crippen MR) is 125 cm³/mol. The topological polar surface area (TPSA) is 76.4 Å². The second-order valence-electron chi connectivity index (χ2n) is 8.39. The second-order valence-corrected chi connectivity index (χ2v) is 9.42. The number of aryl methyl sites for hydroxylation is 1. The van der Waals surface area contributed by atoms with Crippen molar-refractivity contribution in [3.8, 4) is 11.5 Å². The number of carbonyl (C=O) groups excluding carboxylic acids is 1. The van der Waals surface area contributed by atoms with Crippen molar-refractivity contribution in [2.45, 2.75) is 13.5 Å². The van der Waals surface area contributed by atoms with Gasteiger partial charge < -0.3 is 14.4 Å². The quantitative estimate of drug-likeness (QED) is 0.466. The number of fused-ring (bicyclic) bond motifs is 3. The molecule has 1 fully saturated rings. The summed E-state index contributed by atoms with van der Waals surface area (Å²) in [7, 11) is 0. The maximum Gasteiger partial charge on any atom is 0.266 e. The number of aromatic nitrogens is 2. The molecule has 2 aliphatic rings. The number of carbonyl (C=O) groups is 1. The van der Waals surface area contributed by atoms with Crippen LogP contribution in [0.3, 0.4) is 0 Å². The van der Waals surface area contributed by atoms with E-state index in [1.54, 1.807) is 16.7 Å². The van der Waals surface area contributed by atoms with E-state index in [9.17, 15) is 9.59 Å². The monoisotopic (exact) mass is 462 g/mol. The van der Waals surface area contributed by atoms with Crippen LogP contribution in [0.4, 0.5) is 0 Å². The number of nitrogens with zero attached hydrogens (tertiary/aromatic N) is 4. The molecule has 0 N–H and O–H groups in total. The summed E-state index contributed by atoms with van der Waals surface area (Å²) in [6.07, 6.45) is 1.72. The first-order valence-corrected chi connectivity index (χ1v) is 11.7. The number of pyridine rings is 1. The van der Waals surface area contributed by atoms with Gasteiger partial charge in [0.15, 0.2) is 11.5 Å². The number of ether oxygens (including phenoxy) is 2. The van der Waals surface area contributed by atoms with E-state index >= 15 is 0 Å². The highest BCUT2D eigenvalue weighted by Gasteiger charge is 2.25. The lowest BCUT2D eigenvalue weighted by molar-refractivity contribution is 0.0633. The number of rotatable bonds is 3. The summed E-state index contributed by atoms with van der Waals surface area (Å²) in [5, 5.41) is 0.493. The normalized spacial score (nSPS) is 16.1. The third-order valence-corrected chi connectivity index (χ3v) is 7.26. The van der Waals surface area contributed by atoms with E-state index in [2.05, 4.69) is 16.0 Å². The molecule has 0 spiro atoms. The Hall–Kier alpha value is -3.43. The molecule has 1 amide bonds. The van der Waals surface area contributed by atoms with Gasteiger partial charge in [0, 0.05) is 38.9 Å². The number of benzene rings is 1. The van der Waals surface area contributed by atoms with Crippen LogP contribution >= 0.6 is 11.3 Å². The second kappa shape index (κ2) is 7.86. The molecule has 0 saturated carbocycles. The van der Waals surface area contributed by atoms with Crippen molar-refractivity contribution >= 4 is 33.1 Å². The molecule has 1 saturated heterocycles. The van der Waals surface area contributed by atoms with Crippen molar-refractivity contribution in [2.75, 3.05) is 33.0 Å². The van der Waals surface area contributed by atoms with Crippen LogP contribution in [0.15, 0.2) is 47.4 Å². The van der Waals surface area contributed by atoms with Crippen molar-refractivity contribution in [3.63, 3.8) is 0 Å². The molecule has 6 rings (SSSR count). The summed E-state index contributed by atoms with van der Waals surface area (Å²) in [6, 6.07) is 11.5.